The van der Waals surface area contributed by atoms with Crippen LogP contribution in [-0.2, 0) is 4.79 Å². The maximum absolute atomic E-state index is 11.1. The van der Waals surface area contributed by atoms with Crippen LogP contribution in [0.4, 0.5) is 0 Å². The van der Waals surface area contributed by atoms with Gasteiger partial charge in [-0.1, -0.05) is 11.8 Å². The Bertz CT molecular complexity index is 409. The van der Waals surface area contributed by atoms with Crippen molar-refractivity contribution in [2.24, 2.45) is 0 Å². The van der Waals surface area contributed by atoms with Gasteiger partial charge in [-0.2, -0.15) is 0 Å². The number of aromatic nitrogens is 1. The highest BCUT2D eigenvalue weighted by molar-refractivity contribution is 7.99. The Morgan fingerprint density at radius 3 is 2.83 bits per heavy atom. The lowest BCUT2D eigenvalue weighted by Gasteiger charge is -2.12. The second kappa shape index (κ2) is 5.75. The number of nitrogens with one attached hydrogen (secondary N) is 1. The van der Waals surface area contributed by atoms with E-state index >= 15 is 0 Å². The monoisotopic (exact) mass is 270 g/mol. The molecule has 0 aromatic carbocycles. The molecule has 0 saturated heterocycles. The number of hydrogen-bond acceptors (Lipinski definition) is 5. The first kappa shape index (κ1) is 13.4. The summed E-state index contributed by atoms with van der Waals surface area (Å²) in [6, 6.07) is -0.0514. The Labute approximate surface area is 110 Å². The summed E-state index contributed by atoms with van der Waals surface area (Å²) in [4.78, 5) is 15.3. The fourth-order valence-electron chi connectivity index (χ4n) is 1.58. The number of nitrogens with zero attached hydrogens (tertiary/aromatic N) is 1. The van der Waals surface area contributed by atoms with E-state index in [4.69, 9.17) is 9.52 Å². The maximum atomic E-state index is 11.1. The smallest absolute Gasteiger partial charge is 0.320 e. The van der Waals surface area contributed by atoms with Crippen LogP contribution in [-0.4, -0.2) is 33.9 Å². The number of carbonyl (C=O) groups is 1. The van der Waals surface area contributed by atoms with Crippen molar-refractivity contribution in [2.75, 3.05) is 5.75 Å². The van der Waals surface area contributed by atoms with Crippen LogP contribution in [0, 0.1) is 13.8 Å². The molecule has 1 aliphatic carbocycles. The highest BCUT2D eigenvalue weighted by Crippen LogP contribution is 2.23. The van der Waals surface area contributed by atoms with Gasteiger partial charge >= 0.3 is 5.97 Å². The van der Waals surface area contributed by atoms with Crippen LogP contribution in [0.2, 0.25) is 0 Å². The third-order valence-electron chi connectivity index (χ3n) is 2.95. The molecule has 18 heavy (non-hydrogen) atoms. The van der Waals surface area contributed by atoms with Crippen molar-refractivity contribution in [2.45, 2.75) is 50.4 Å². The van der Waals surface area contributed by atoms with E-state index in [1.165, 1.54) is 11.8 Å². The average Bonchev–Trinajstić information content (AvgIpc) is 3.05. The normalized spacial score (nSPS) is 16.8. The molecule has 1 fully saturated rings. The molecule has 0 radical (unpaired) electrons. The van der Waals surface area contributed by atoms with E-state index in [9.17, 15) is 4.79 Å². The first-order valence-electron chi connectivity index (χ1n) is 6.12. The van der Waals surface area contributed by atoms with Crippen molar-refractivity contribution < 1.29 is 14.3 Å². The summed E-state index contributed by atoms with van der Waals surface area (Å²) < 4.78 is 5.43. The van der Waals surface area contributed by atoms with Crippen molar-refractivity contribution in [3.8, 4) is 0 Å². The van der Waals surface area contributed by atoms with Gasteiger partial charge in [0.2, 0.25) is 0 Å². The molecule has 1 saturated carbocycles. The molecule has 5 nitrogen and oxygen atoms in total. The van der Waals surface area contributed by atoms with Crippen molar-refractivity contribution in [1.29, 1.82) is 0 Å². The zero-order valence-corrected chi connectivity index (χ0v) is 11.4. The molecule has 0 bridgehead atoms. The number of thioether (sulfide) groups is 1. The number of carboxylic acids is 1. The van der Waals surface area contributed by atoms with Crippen LogP contribution in [0.3, 0.4) is 0 Å². The first-order chi connectivity index (χ1) is 8.56. The van der Waals surface area contributed by atoms with Crippen LogP contribution >= 0.6 is 11.8 Å². The molecule has 0 spiro atoms. The largest absolute Gasteiger partial charge is 0.480 e. The third-order valence-corrected chi connectivity index (χ3v) is 3.81. The van der Waals surface area contributed by atoms with Crippen LogP contribution in [0.25, 0.3) is 0 Å². The number of hydrogen-bond donors (Lipinski definition) is 2. The van der Waals surface area contributed by atoms with E-state index in [2.05, 4.69) is 10.3 Å². The maximum Gasteiger partial charge on any atom is 0.320 e. The lowest BCUT2D eigenvalue weighted by atomic mass is 10.2. The molecule has 2 rings (SSSR count). The standard InChI is InChI=1S/C12H18N2O3S/c1-7-8(2)17-12(13-7)18-6-5-10(11(15)16)14-9-3-4-9/h9-10,14H,3-6H2,1-2H3,(H,15,16). The molecular weight excluding hydrogens is 252 g/mol. The average molecular weight is 270 g/mol. The quantitative estimate of drug-likeness (QED) is 0.738. The number of aryl methyl sites for hydroxylation is 2. The molecule has 0 amide bonds. The fraction of sp³-hybridized carbons (Fsp3) is 0.667. The molecule has 1 aliphatic rings. The zero-order valence-electron chi connectivity index (χ0n) is 10.6. The fourth-order valence-corrected chi connectivity index (χ4v) is 2.50. The van der Waals surface area contributed by atoms with E-state index < -0.39 is 12.0 Å². The summed E-state index contributed by atoms with van der Waals surface area (Å²) in [5.41, 5.74) is 0.892. The van der Waals surface area contributed by atoms with Crippen LogP contribution < -0.4 is 5.32 Å². The minimum absolute atomic E-state index is 0.405. The van der Waals surface area contributed by atoms with Gasteiger partial charge in [-0.15, -0.1) is 0 Å². The molecule has 1 aromatic heterocycles. The summed E-state index contributed by atoms with van der Waals surface area (Å²) in [5.74, 6) is 0.737. The van der Waals surface area contributed by atoms with Gasteiger partial charge in [-0.25, -0.2) is 4.98 Å². The van der Waals surface area contributed by atoms with Gasteiger partial charge in [0.1, 0.15) is 11.8 Å². The Hall–Kier alpha value is -1.01. The highest BCUT2D eigenvalue weighted by Gasteiger charge is 2.27. The summed E-state index contributed by atoms with van der Waals surface area (Å²) >= 11 is 1.47. The molecule has 1 unspecified atom stereocenters. The number of oxazole rings is 1. The van der Waals surface area contributed by atoms with Crippen molar-refractivity contribution >= 4 is 17.7 Å². The second-order valence-corrected chi connectivity index (χ2v) is 5.64. The minimum atomic E-state index is -0.776. The summed E-state index contributed by atoms with van der Waals surface area (Å²) in [7, 11) is 0. The molecule has 0 aliphatic heterocycles. The number of carboxylic acid groups (broad SMARTS) is 1. The van der Waals surface area contributed by atoms with Gasteiger partial charge in [0.05, 0.1) is 5.69 Å². The number of aliphatic carboxylic acids is 1. The second-order valence-electron chi connectivity index (χ2n) is 4.59. The summed E-state index contributed by atoms with van der Waals surface area (Å²) in [6.07, 6.45) is 2.76. The Morgan fingerprint density at radius 2 is 2.33 bits per heavy atom. The molecule has 1 atom stereocenters. The van der Waals surface area contributed by atoms with Crippen molar-refractivity contribution in [3.63, 3.8) is 0 Å². The van der Waals surface area contributed by atoms with E-state index in [0.717, 1.165) is 24.3 Å². The number of rotatable bonds is 7. The van der Waals surface area contributed by atoms with Crippen molar-refractivity contribution in [1.82, 2.24) is 10.3 Å². The van der Waals surface area contributed by atoms with E-state index in [1.54, 1.807) is 0 Å². The van der Waals surface area contributed by atoms with Gasteiger partial charge in [0.25, 0.3) is 5.22 Å². The van der Waals surface area contributed by atoms with Crippen LogP contribution in [0.15, 0.2) is 9.64 Å². The predicted molar refractivity (Wildman–Crippen MR) is 68.9 cm³/mol. The van der Waals surface area contributed by atoms with Crippen LogP contribution in [0.1, 0.15) is 30.7 Å². The highest BCUT2D eigenvalue weighted by atomic mass is 32.2. The molecule has 1 aromatic rings. The van der Waals surface area contributed by atoms with Gasteiger partial charge in [-0.3, -0.25) is 4.79 Å². The Balaban J connectivity index is 1.76. The molecule has 6 heteroatoms. The van der Waals surface area contributed by atoms with E-state index in [1.807, 2.05) is 13.8 Å². The lowest BCUT2D eigenvalue weighted by molar-refractivity contribution is -0.139. The third kappa shape index (κ3) is 3.74. The Kier molecular flexibility index (Phi) is 4.29. The summed E-state index contributed by atoms with van der Waals surface area (Å²) in [5, 5.41) is 12.8. The zero-order chi connectivity index (χ0) is 13.1. The lowest BCUT2D eigenvalue weighted by Crippen LogP contribution is -2.38. The van der Waals surface area contributed by atoms with Gasteiger partial charge in [0, 0.05) is 11.8 Å². The van der Waals surface area contributed by atoms with Crippen molar-refractivity contribution in [3.05, 3.63) is 11.5 Å². The molecule has 100 valence electrons. The van der Waals surface area contributed by atoms with Gasteiger partial charge in [0.15, 0.2) is 0 Å². The predicted octanol–water partition coefficient (Wildman–Crippen LogP) is 1.98. The molecule has 2 N–H and O–H groups in total. The molecular formula is C12H18N2O3S. The summed E-state index contributed by atoms with van der Waals surface area (Å²) in [6.45, 7) is 3.78. The van der Waals surface area contributed by atoms with E-state index in [0.29, 0.717) is 23.4 Å². The van der Waals surface area contributed by atoms with Gasteiger partial charge < -0.3 is 14.8 Å². The first-order valence-corrected chi connectivity index (χ1v) is 7.10. The van der Waals surface area contributed by atoms with E-state index in [-0.39, 0.29) is 0 Å². The Morgan fingerprint density at radius 1 is 1.61 bits per heavy atom. The SMILES string of the molecule is Cc1nc(SCCC(NC2CC2)C(=O)O)oc1C. The van der Waals surface area contributed by atoms with Crippen LogP contribution in [0.5, 0.6) is 0 Å². The molecule has 1 heterocycles. The minimum Gasteiger partial charge on any atom is -0.480 e. The van der Waals surface area contributed by atoms with Gasteiger partial charge in [-0.05, 0) is 33.1 Å². The topological polar surface area (TPSA) is 75.4 Å².